The summed E-state index contributed by atoms with van der Waals surface area (Å²) in [5.41, 5.74) is 1.66. The lowest BCUT2D eigenvalue weighted by atomic mass is 9.91. The number of rotatable bonds is 8. The Hall–Kier alpha value is -2.23. The molecule has 2 aliphatic heterocycles. The minimum atomic E-state index is -3.49. The lowest BCUT2D eigenvalue weighted by Crippen LogP contribution is -2.55. The monoisotopic (exact) mass is 500 g/mol. The molecule has 2 aromatic rings. The molecule has 0 spiro atoms. The van der Waals surface area contributed by atoms with Crippen LogP contribution in [0.4, 0.5) is 0 Å². The fraction of sp³-hybridized carbons (Fsp3) is 0.615. The number of carbonyl (C=O) groups is 1. The van der Waals surface area contributed by atoms with Crippen molar-refractivity contribution < 1.29 is 17.7 Å². The molecule has 0 radical (unpaired) electrons. The highest BCUT2D eigenvalue weighted by Gasteiger charge is 2.38. The summed E-state index contributed by atoms with van der Waals surface area (Å²) in [5, 5.41) is 6.97. The average molecular weight is 501 g/mol. The van der Waals surface area contributed by atoms with Crippen molar-refractivity contribution in [1.29, 1.82) is 0 Å². The second-order valence-electron chi connectivity index (χ2n) is 10.5. The second kappa shape index (κ2) is 10.4. The molecule has 1 N–H and O–H groups in total. The van der Waals surface area contributed by atoms with Crippen molar-refractivity contribution in [3.63, 3.8) is 0 Å². The van der Waals surface area contributed by atoms with Crippen molar-refractivity contribution in [3.8, 4) is 0 Å². The smallest absolute Gasteiger partial charge is 0.281 e. The average Bonchev–Trinajstić information content (AvgIpc) is 3.60. The van der Waals surface area contributed by atoms with Gasteiger partial charge in [0.1, 0.15) is 5.76 Å². The molecule has 2 atom stereocenters. The molecule has 1 aliphatic carbocycles. The molecular weight excluding hydrogens is 464 g/mol. The predicted octanol–water partition coefficient (Wildman–Crippen LogP) is 3.58. The van der Waals surface area contributed by atoms with Gasteiger partial charge in [-0.15, -0.1) is 0 Å². The first-order valence-electron chi connectivity index (χ1n) is 13.0. The van der Waals surface area contributed by atoms with Crippen molar-refractivity contribution in [2.75, 3.05) is 26.2 Å². The van der Waals surface area contributed by atoms with Crippen LogP contribution in [0, 0.1) is 11.8 Å². The van der Waals surface area contributed by atoms with Gasteiger partial charge in [0.2, 0.25) is 0 Å². The molecule has 5 rings (SSSR count). The fourth-order valence-corrected chi connectivity index (χ4v) is 7.10. The van der Waals surface area contributed by atoms with E-state index in [0.717, 1.165) is 44.3 Å². The molecule has 2 saturated heterocycles. The van der Waals surface area contributed by atoms with Crippen LogP contribution in [-0.2, 0) is 16.6 Å². The zero-order valence-corrected chi connectivity index (χ0v) is 21.3. The molecule has 0 unspecified atom stereocenters. The Labute approximate surface area is 208 Å². The highest BCUT2D eigenvalue weighted by Crippen LogP contribution is 2.40. The first-order chi connectivity index (χ1) is 16.9. The van der Waals surface area contributed by atoms with Crippen LogP contribution >= 0.6 is 0 Å². The number of carbonyl (C=O) groups excluding carboxylic acids is 1. The van der Waals surface area contributed by atoms with E-state index in [-0.39, 0.29) is 17.9 Å². The molecular formula is C26H36N4O4S. The summed E-state index contributed by atoms with van der Waals surface area (Å²) in [4.78, 5) is 12.6. The number of hydrogen-bond donors (Lipinski definition) is 1. The summed E-state index contributed by atoms with van der Waals surface area (Å²) in [6.45, 7) is 4.00. The van der Waals surface area contributed by atoms with Crippen molar-refractivity contribution in [3.05, 3.63) is 53.4 Å². The number of benzene rings is 1. The van der Waals surface area contributed by atoms with Crippen LogP contribution in [0.15, 0.2) is 40.9 Å². The van der Waals surface area contributed by atoms with E-state index >= 15 is 0 Å². The van der Waals surface area contributed by atoms with Crippen molar-refractivity contribution in [2.24, 2.45) is 11.8 Å². The summed E-state index contributed by atoms with van der Waals surface area (Å²) < 4.78 is 35.2. The highest BCUT2D eigenvalue weighted by atomic mass is 32.2. The number of aromatic nitrogens is 1. The van der Waals surface area contributed by atoms with Gasteiger partial charge in [-0.3, -0.25) is 4.79 Å². The molecule has 9 heteroatoms. The van der Waals surface area contributed by atoms with E-state index in [2.05, 4.69) is 34.7 Å². The molecule has 8 nitrogen and oxygen atoms in total. The van der Waals surface area contributed by atoms with Gasteiger partial charge in [-0.05, 0) is 62.3 Å². The largest absolute Gasteiger partial charge is 0.360 e. The number of nitrogens with zero attached hydrogens (tertiary/aromatic N) is 3. The lowest BCUT2D eigenvalue weighted by Gasteiger charge is -2.40. The molecule has 1 aromatic heterocycles. The maximum absolute atomic E-state index is 13.3. The first kappa shape index (κ1) is 24.5. The maximum Gasteiger partial charge on any atom is 0.281 e. The third-order valence-corrected chi connectivity index (χ3v) is 9.84. The van der Waals surface area contributed by atoms with Crippen molar-refractivity contribution in [1.82, 2.24) is 19.1 Å². The van der Waals surface area contributed by atoms with Gasteiger partial charge in [-0.1, -0.05) is 42.4 Å². The summed E-state index contributed by atoms with van der Waals surface area (Å²) in [5.74, 6) is 1.53. The molecule has 3 heterocycles. The normalized spacial score (nSPS) is 24.9. The van der Waals surface area contributed by atoms with E-state index < -0.39 is 10.2 Å². The van der Waals surface area contributed by atoms with E-state index in [1.165, 1.54) is 5.56 Å². The van der Waals surface area contributed by atoms with Crippen LogP contribution < -0.4 is 5.32 Å². The minimum absolute atomic E-state index is 0.0145. The maximum atomic E-state index is 13.3. The number of hydrogen-bond acceptors (Lipinski definition) is 5. The van der Waals surface area contributed by atoms with Gasteiger partial charge in [0.15, 0.2) is 5.69 Å². The molecule has 1 aromatic carbocycles. The zero-order chi connectivity index (χ0) is 24.4. The van der Waals surface area contributed by atoms with Crippen LogP contribution in [0.2, 0.25) is 0 Å². The molecule has 3 fully saturated rings. The molecule has 1 saturated carbocycles. The molecule has 0 bridgehead atoms. The SMILES string of the molecule is C[C@H]1CN(S(=O)(=O)N2CCC(CCc3ccccc3)CC2)CC[C@H]1NC(=O)c1cc(C2CC2)on1. The third kappa shape index (κ3) is 5.78. The Kier molecular flexibility index (Phi) is 7.27. The van der Waals surface area contributed by atoms with E-state index in [4.69, 9.17) is 4.52 Å². The van der Waals surface area contributed by atoms with Crippen molar-refractivity contribution in [2.45, 2.75) is 63.8 Å². The van der Waals surface area contributed by atoms with Gasteiger partial charge >= 0.3 is 0 Å². The molecule has 190 valence electrons. The van der Waals surface area contributed by atoms with E-state index in [1.807, 2.05) is 13.0 Å². The summed E-state index contributed by atoms with van der Waals surface area (Å²) >= 11 is 0. The van der Waals surface area contributed by atoms with Crippen LogP contribution in [0.5, 0.6) is 0 Å². The standard InChI is InChI=1S/C26H36N4O4S/c1-19-18-30(16-13-23(19)27-26(31)24-17-25(34-28-24)22-9-10-22)35(32,33)29-14-11-21(12-15-29)8-7-20-5-3-2-4-6-20/h2-6,17,19,21-23H,7-16,18H2,1H3,(H,27,31)/t19-,23+/m0/s1. The minimum Gasteiger partial charge on any atom is -0.360 e. The lowest BCUT2D eigenvalue weighted by molar-refractivity contribution is 0.0890. The predicted molar refractivity (Wildman–Crippen MR) is 133 cm³/mol. The van der Waals surface area contributed by atoms with Crippen LogP contribution in [0.1, 0.15) is 73.2 Å². The Bertz CT molecular complexity index is 1110. The fourth-order valence-electron chi connectivity index (χ4n) is 5.34. The van der Waals surface area contributed by atoms with Gasteiger partial charge in [0.25, 0.3) is 16.1 Å². The summed E-state index contributed by atoms with van der Waals surface area (Å²) in [6.07, 6.45) is 6.74. The number of amides is 1. The first-order valence-corrected chi connectivity index (χ1v) is 14.4. The van der Waals surface area contributed by atoms with Crippen LogP contribution in [-0.4, -0.2) is 60.3 Å². The zero-order valence-electron chi connectivity index (χ0n) is 20.4. The van der Waals surface area contributed by atoms with Crippen LogP contribution in [0.25, 0.3) is 0 Å². The van der Waals surface area contributed by atoms with Crippen molar-refractivity contribution >= 4 is 16.1 Å². The van der Waals surface area contributed by atoms with Gasteiger partial charge in [-0.2, -0.15) is 17.0 Å². The second-order valence-corrected chi connectivity index (χ2v) is 12.4. The highest BCUT2D eigenvalue weighted by molar-refractivity contribution is 7.86. The Balaban J connectivity index is 1.09. The number of piperidine rings is 2. The van der Waals surface area contributed by atoms with E-state index in [9.17, 15) is 13.2 Å². The topological polar surface area (TPSA) is 95.8 Å². The Morgan fingerprint density at radius 1 is 1.06 bits per heavy atom. The van der Waals surface area contributed by atoms with Gasteiger partial charge in [-0.25, -0.2) is 0 Å². The van der Waals surface area contributed by atoms with Gasteiger partial charge in [0.05, 0.1) is 0 Å². The number of nitrogens with one attached hydrogen (secondary N) is 1. The van der Waals surface area contributed by atoms with Gasteiger partial charge in [0, 0.05) is 44.2 Å². The Morgan fingerprint density at radius 3 is 2.46 bits per heavy atom. The quantitative estimate of drug-likeness (QED) is 0.598. The summed E-state index contributed by atoms with van der Waals surface area (Å²) in [7, 11) is -3.49. The van der Waals surface area contributed by atoms with Gasteiger partial charge < -0.3 is 9.84 Å². The third-order valence-electron chi connectivity index (χ3n) is 7.84. The summed E-state index contributed by atoms with van der Waals surface area (Å²) in [6, 6.07) is 12.1. The number of aryl methyl sites for hydroxylation is 1. The van der Waals surface area contributed by atoms with Crippen LogP contribution in [0.3, 0.4) is 0 Å². The molecule has 1 amide bonds. The van der Waals surface area contributed by atoms with E-state index in [0.29, 0.717) is 50.1 Å². The van der Waals surface area contributed by atoms with E-state index in [1.54, 1.807) is 14.7 Å². The molecule has 3 aliphatic rings. The molecule has 35 heavy (non-hydrogen) atoms. The Morgan fingerprint density at radius 2 is 1.77 bits per heavy atom.